The van der Waals surface area contributed by atoms with Gasteiger partial charge in [-0.05, 0) is 0 Å². The zero-order valence-corrected chi connectivity index (χ0v) is 15.4. The van der Waals surface area contributed by atoms with Crippen LogP contribution in [0.4, 0.5) is 10.4 Å². The van der Waals surface area contributed by atoms with Gasteiger partial charge >= 0.3 is 152 Å². The summed E-state index contributed by atoms with van der Waals surface area (Å²) in [4.78, 5) is 28.6. The number of nitrogens with one attached hydrogen (secondary N) is 2. The Morgan fingerprint density at radius 3 is 2.48 bits per heavy atom. The summed E-state index contributed by atoms with van der Waals surface area (Å²) in [6, 6.07) is 17.1. The molecule has 2 N–H and O–H groups in total. The van der Waals surface area contributed by atoms with Crippen LogP contribution >= 0.6 is 0 Å². The third kappa shape index (κ3) is 4.66. The van der Waals surface area contributed by atoms with Crippen molar-refractivity contribution in [3.8, 4) is 0 Å². The van der Waals surface area contributed by atoms with E-state index in [4.69, 9.17) is 0 Å². The van der Waals surface area contributed by atoms with Crippen molar-refractivity contribution < 1.29 is 9.59 Å². The molecule has 0 unspecified atom stereocenters. The number of aryl methyl sites for hydroxylation is 1. The number of carbonyl (C=O) groups excluding carboxylic acids is 2. The first kappa shape index (κ1) is 17.1. The van der Waals surface area contributed by atoms with E-state index in [1.807, 2.05) is 61.5 Å². The fraction of sp³-hybridized carbons (Fsp3) is 0.105. The molecule has 6 heteroatoms. The SMILES string of the molecule is Cc1ccccc1NC(=O)c1cnc(NC(=O)Cc2ccccc2)[se]1. The van der Waals surface area contributed by atoms with Crippen LogP contribution in [-0.2, 0) is 11.2 Å². The Morgan fingerprint density at radius 1 is 1.00 bits per heavy atom. The summed E-state index contributed by atoms with van der Waals surface area (Å²) in [6.07, 6.45) is 1.83. The van der Waals surface area contributed by atoms with Crippen LogP contribution < -0.4 is 10.6 Å². The Bertz CT molecular complexity index is 890. The van der Waals surface area contributed by atoms with Gasteiger partial charge in [0.25, 0.3) is 0 Å². The molecule has 25 heavy (non-hydrogen) atoms. The summed E-state index contributed by atoms with van der Waals surface area (Å²) in [7, 11) is 0. The number of hydrogen-bond donors (Lipinski definition) is 2. The number of amides is 2. The molecule has 0 aliphatic carbocycles. The monoisotopic (exact) mass is 399 g/mol. The number of anilines is 2. The van der Waals surface area contributed by atoms with Gasteiger partial charge in [0.2, 0.25) is 0 Å². The summed E-state index contributed by atoms with van der Waals surface area (Å²) in [5.74, 6) is -0.300. The number of benzene rings is 2. The number of nitrogens with zero attached hydrogens (tertiary/aromatic N) is 1. The Morgan fingerprint density at radius 2 is 1.72 bits per heavy atom. The standard InChI is InChI=1S/C19H17N3O2Se/c1-13-7-5-6-10-15(13)21-18(24)16-12-20-19(25-16)22-17(23)11-14-8-3-2-4-9-14/h2-10,12H,11H2,1H3,(H,21,24)(H,20,22,23). The first-order valence-electron chi connectivity index (χ1n) is 7.78. The van der Waals surface area contributed by atoms with E-state index in [0.717, 1.165) is 16.8 Å². The zero-order chi connectivity index (χ0) is 17.6. The minimum atomic E-state index is -0.306. The summed E-state index contributed by atoms with van der Waals surface area (Å²) in [5.41, 5.74) is 2.72. The first-order chi connectivity index (χ1) is 12.1. The van der Waals surface area contributed by atoms with Crippen LogP contribution in [-0.4, -0.2) is 31.3 Å². The van der Waals surface area contributed by atoms with Crippen LogP contribution in [0.5, 0.6) is 0 Å². The molecule has 1 heterocycles. The van der Waals surface area contributed by atoms with Crippen molar-refractivity contribution in [2.24, 2.45) is 0 Å². The minimum absolute atomic E-state index is 0.124. The van der Waals surface area contributed by atoms with Gasteiger partial charge in [-0.3, -0.25) is 0 Å². The van der Waals surface area contributed by atoms with Crippen molar-refractivity contribution in [2.75, 3.05) is 10.6 Å². The molecule has 0 bridgehead atoms. The molecule has 0 aliphatic rings. The number of aromatic nitrogens is 1. The first-order valence-corrected chi connectivity index (χ1v) is 9.50. The van der Waals surface area contributed by atoms with E-state index in [1.165, 1.54) is 6.20 Å². The normalized spacial score (nSPS) is 10.3. The fourth-order valence-electron chi connectivity index (χ4n) is 2.28. The molecule has 3 rings (SSSR count). The van der Waals surface area contributed by atoms with Gasteiger partial charge in [0.05, 0.1) is 0 Å². The molecule has 0 spiro atoms. The van der Waals surface area contributed by atoms with E-state index in [1.54, 1.807) is 0 Å². The van der Waals surface area contributed by atoms with Crippen molar-refractivity contribution in [3.63, 3.8) is 0 Å². The maximum atomic E-state index is 12.3. The molecule has 5 nitrogen and oxygen atoms in total. The van der Waals surface area contributed by atoms with Crippen LogP contribution in [0.25, 0.3) is 0 Å². The Hall–Kier alpha value is -2.69. The Balaban J connectivity index is 1.61. The predicted octanol–water partition coefficient (Wildman–Crippen LogP) is 2.88. The molecule has 0 fully saturated rings. The zero-order valence-electron chi connectivity index (χ0n) is 13.7. The van der Waals surface area contributed by atoms with Crippen LogP contribution in [0.2, 0.25) is 0 Å². The summed E-state index contributed by atoms with van der Waals surface area (Å²) < 4.78 is 1.15. The van der Waals surface area contributed by atoms with Crippen molar-refractivity contribution in [1.29, 1.82) is 0 Å². The predicted molar refractivity (Wildman–Crippen MR) is 99.1 cm³/mol. The van der Waals surface area contributed by atoms with Gasteiger partial charge in [-0.25, -0.2) is 0 Å². The molecule has 1 aromatic heterocycles. The molecule has 2 aromatic carbocycles. The van der Waals surface area contributed by atoms with Crippen molar-refractivity contribution >= 4 is 36.7 Å². The second-order valence-electron chi connectivity index (χ2n) is 5.51. The molecular weight excluding hydrogens is 381 g/mol. The molecule has 0 saturated heterocycles. The van der Waals surface area contributed by atoms with Crippen molar-refractivity contribution in [1.82, 2.24) is 4.98 Å². The molecule has 0 atom stereocenters. The fourth-order valence-corrected chi connectivity index (χ4v) is 3.81. The van der Waals surface area contributed by atoms with E-state index >= 15 is 0 Å². The summed E-state index contributed by atoms with van der Waals surface area (Å²) in [5, 5.41) is 5.68. The summed E-state index contributed by atoms with van der Waals surface area (Å²) in [6.45, 7) is 1.94. The van der Waals surface area contributed by atoms with E-state index in [0.29, 0.717) is 15.5 Å². The molecule has 126 valence electrons. The third-order valence-electron chi connectivity index (χ3n) is 3.58. The van der Waals surface area contributed by atoms with Gasteiger partial charge < -0.3 is 0 Å². The van der Waals surface area contributed by atoms with Crippen molar-refractivity contribution in [2.45, 2.75) is 13.3 Å². The van der Waals surface area contributed by atoms with Gasteiger partial charge in [0.1, 0.15) is 0 Å². The molecular formula is C19H17N3O2Se. The summed E-state index contributed by atoms with van der Waals surface area (Å²) >= 11 is -0.306. The Kier molecular flexibility index (Phi) is 5.43. The quantitative estimate of drug-likeness (QED) is 0.650. The third-order valence-corrected chi connectivity index (χ3v) is 5.49. The van der Waals surface area contributed by atoms with Gasteiger partial charge in [-0.1, -0.05) is 0 Å². The molecule has 0 radical (unpaired) electrons. The van der Waals surface area contributed by atoms with Crippen LogP contribution in [0.3, 0.4) is 0 Å². The number of rotatable bonds is 5. The second-order valence-corrected chi connectivity index (χ2v) is 7.67. The molecule has 0 aliphatic heterocycles. The number of para-hydroxylation sites is 1. The second kappa shape index (κ2) is 7.92. The van der Waals surface area contributed by atoms with E-state index in [9.17, 15) is 9.59 Å². The molecule has 0 saturated carbocycles. The van der Waals surface area contributed by atoms with Crippen molar-refractivity contribution in [3.05, 3.63) is 76.4 Å². The van der Waals surface area contributed by atoms with E-state index in [2.05, 4.69) is 15.6 Å². The van der Waals surface area contributed by atoms with Crippen LogP contribution in [0.1, 0.15) is 20.4 Å². The molecule has 2 amide bonds. The number of carbonyl (C=O) groups is 2. The van der Waals surface area contributed by atoms with E-state index < -0.39 is 0 Å². The Labute approximate surface area is 151 Å². The average molecular weight is 398 g/mol. The van der Waals surface area contributed by atoms with Crippen LogP contribution in [0.15, 0.2) is 60.8 Å². The van der Waals surface area contributed by atoms with Gasteiger partial charge in [0.15, 0.2) is 0 Å². The van der Waals surface area contributed by atoms with Crippen LogP contribution in [0, 0.1) is 6.92 Å². The topological polar surface area (TPSA) is 71.1 Å². The maximum absolute atomic E-state index is 12.3. The van der Waals surface area contributed by atoms with Gasteiger partial charge in [-0.2, -0.15) is 0 Å². The van der Waals surface area contributed by atoms with E-state index in [-0.39, 0.29) is 26.3 Å². The number of hydrogen-bond acceptors (Lipinski definition) is 3. The van der Waals surface area contributed by atoms with Gasteiger partial charge in [-0.15, -0.1) is 0 Å². The molecule has 3 aromatic rings. The van der Waals surface area contributed by atoms with Gasteiger partial charge in [0, 0.05) is 0 Å². The average Bonchev–Trinajstić information content (AvgIpc) is 3.06.